The van der Waals surface area contributed by atoms with Crippen molar-refractivity contribution in [3.63, 3.8) is 0 Å². The van der Waals surface area contributed by atoms with Crippen LogP contribution in [0.15, 0.2) is 41.8 Å². The van der Waals surface area contributed by atoms with E-state index < -0.39 is 6.09 Å². The molecule has 1 aromatic carbocycles. The third-order valence-corrected chi connectivity index (χ3v) is 6.20. The van der Waals surface area contributed by atoms with Crippen LogP contribution in [0.4, 0.5) is 10.5 Å². The number of thiophene rings is 1. The van der Waals surface area contributed by atoms with Gasteiger partial charge in [-0.05, 0) is 67.4 Å². The average molecular weight is 369 g/mol. The van der Waals surface area contributed by atoms with Crippen molar-refractivity contribution in [2.75, 3.05) is 25.0 Å². The van der Waals surface area contributed by atoms with Gasteiger partial charge in [0.15, 0.2) is 0 Å². The van der Waals surface area contributed by atoms with Gasteiger partial charge < -0.3 is 4.74 Å². The summed E-state index contributed by atoms with van der Waals surface area (Å²) in [6, 6.07) is 6.79. The number of allylic oxidation sites excluding steroid dienone is 1. The number of hydrogen-bond acceptors (Lipinski definition) is 4. The van der Waals surface area contributed by atoms with E-state index in [1.165, 1.54) is 40.6 Å². The van der Waals surface area contributed by atoms with Gasteiger partial charge in [-0.15, -0.1) is 11.3 Å². The molecule has 0 aliphatic carbocycles. The summed E-state index contributed by atoms with van der Waals surface area (Å²) in [5.41, 5.74) is 3.55. The van der Waals surface area contributed by atoms with Gasteiger partial charge in [-0.1, -0.05) is 18.2 Å². The highest BCUT2D eigenvalue weighted by molar-refractivity contribution is 7.17. The Kier molecular flexibility index (Phi) is 5.09. The van der Waals surface area contributed by atoms with Crippen LogP contribution in [0.2, 0.25) is 0 Å². The normalized spacial score (nSPS) is 20.3. The Hall–Kier alpha value is -2.11. The van der Waals surface area contributed by atoms with E-state index in [-0.39, 0.29) is 0 Å². The minimum atomic E-state index is -0.419. The number of rotatable bonds is 4. The molecule has 0 radical (unpaired) electrons. The third-order valence-electron chi connectivity index (χ3n) is 5.24. The summed E-state index contributed by atoms with van der Waals surface area (Å²) in [5.74, 6) is 0. The lowest BCUT2D eigenvalue weighted by Crippen LogP contribution is -2.32. The largest absolute Gasteiger partial charge is 0.445 e. The van der Waals surface area contributed by atoms with Crippen LogP contribution >= 0.6 is 11.3 Å². The van der Waals surface area contributed by atoms with E-state index in [0.29, 0.717) is 12.6 Å². The zero-order valence-corrected chi connectivity index (χ0v) is 15.8. The second-order valence-electron chi connectivity index (χ2n) is 6.88. The summed E-state index contributed by atoms with van der Waals surface area (Å²) in [7, 11) is 0. The van der Waals surface area contributed by atoms with Crippen LogP contribution < -0.4 is 5.32 Å². The summed E-state index contributed by atoms with van der Waals surface area (Å²) in [4.78, 5) is 14.5. The van der Waals surface area contributed by atoms with Crippen molar-refractivity contribution in [2.45, 2.75) is 32.2 Å². The van der Waals surface area contributed by atoms with Crippen LogP contribution in [-0.2, 0) is 4.74 Å². The first-order valence-electron chi connectivity index (χ1n) is 9.24. The average Bonchev–Trinajstić information content (AvgIpc) is 3.27. The predicted molar refractivity (Wildman–Crippen MR) is 109 cm³/mol. The van der Waals surface area contributed by atoms with Crippen molar-refractivity contribution < 1.29 is 9.53 Å². The Bertz CT molecular complexity index is 868. The SMILES string of the molecule is CC=CCOC(=O)Nc1ccc2scc(C3=CCN4CCCC4C3)c2c1. The number of nitrogens with zero attached hydrogens (tertiary/aromatic N) is 1. The number of carbonyl (C=O) groups excluding carboxylic acids is 1. The first-order chi connectivity index (χ1) is 12.7. The maximum atomic E-state index is 11.9. The molecule has 1 saturated heterocycles. The predicted octanol–water partition coefficient (Wildman–Crippen LogP) is 5.28. The molecule has 1 atom stereocenters. The molecule has 1 N–H and O–H groups in total. The van der Waals surface area contributed by atoms with E-state index >= 15 is 0 Å². The first-order valence-corrected chi connectivity index (χ1v) is 10.1. The van der Waals surface area contributed by atoms with Gasteiger partial charge in [0.1, 0.15) is 6.61 Å². The maximum absolute atomic E-state index is 11.9. The molecule has 2 aliphatic heterocycles. The fourth-order valence-electron chi connectivity index (χ4n) is 3.88. The minimum Gasteiger partial charge on any atom is -0.445 e. The number of ether oxygens (including phenoxy) is 1. The van der Waals surface area contributed by atoms with E-state index in [9.17, 15) is 4.79 Å². The van der Waals surface area contributed by atoms with Gasteiger partial charge in [0.2, 0.25) is 0 Å². The zero-order valence-electron chi connectivity index (χ0n) is 15.0. The molecule has 3 heterocycles. The van der Waals surface area contributed by atoms with E-state index in [4.69, 9.17) is 4.74 Å². The van der Waals surface area contributed by atoms with Gasteiger partial charge >= 0.3 is 6.09 Å². The lowest BCUT2D eigenvalue weighted by molar-refractivity contribution is 0.174. The summed E-state index contributed by atoms with van der Waals surface area (Å²) in [6.45, 7) is 4.49. The number of benzene rings is 1. The Morgan fingerprint density at radius 2 is 2.38 bits per heavy atom. The van der Waals surface area contributed by atoms with E-state index in [2.05, 4.69) is 33.8 Å². The summed E-state index contributed by atoms with van der Waals surface area (Å²) in [6.07, 6.45) is 9.40. The number of amides is 1. The molecule has 2 aliphatic rings. The Balaban J connectivity index is 1.54. The molecule has 4 rings (SSSR count). The van der Waals surface area contributed by atoms with Gasteiger partial charge in [-0.3, -0.25) is 10.2 Å². The molecular weight excluding hydrogens is 344 g/mol. The number of hydrogen-bond donors (Lipinski definition) is 1. The van der Waals surface area contributed by atoms with Crippen LogP contribution in [0.5, 0.6) is 0 Å². The number of nitrogens with one attached hydrogen (secondary N) is 1. The lowest BCUT2D eigenvalue weighted by Gasteiger charge is -2.29. The van der Waals surface area contributed by atoms with Crippen molar-refractivity contribution in [3.05, 3.63) is 47.4 Å². The lowest BCUT2D eigenvalue weighted by atomic mass is 9.94. The smallest absolute Gasteiger partial charge is 0.411 e. The van der Waals surface area contributed by atoms with E-state index in [1.807, 2.05) is 25.1 Å². The molecule has 1 unspecified atom stereocenters. The zero-order chi connectivity index (χ0) is 17.9. The molecule has 1 fully saturated rings. The standard InChI is InChI=1S/C21H24N2O2S/c1-2-3-11-25-21(24)22-16-6-7-20-18(13-16)19(14-26-20)15-8-10-23-9-4-5-17(23)12-15/h2-3,6-8,13-14,17H,4-5,9-12H2,1H3,(H,22,24). The van der Waals surface area contributed by atoms with Gasteiger partial charge in [-0.25, -0.2) is 4.79 Å². The highest BCUT2D eigenvalue weighted by Crippen LogP contribution is 2.38. The first kappa shape index (κ1) is 17.3. The second-order valence-corrected chi connectivity index (χ2v) is 7.79. The highest BCUT2D eigenvalue weighted by atomic mass is 32.1. The maximum Gasteiger partial charge on any atom is 0.411 e. The van der Waals surface area contributed by atoms with Crippen molar-refractivity contribution in [3.8, 4) is 0 Å². The monoisotopic (exact) mass is 368 g/mol. The second kappa shape index (κ2) is 7.64. The molecule has 1 amide bonds. The van der Waals surface area contributed by atoms with Gasteiger partial charge in [0, 0.05) is 28.4 Å². The van der Waals surface area contributed by atoms with Crippen molar-refractivity contribution in [1.29, 1.82) is 0 Å². The summed E-state index contributed by atoms with van der Waals surface area (Å²) in [5, 5.41) is 6.31. The van der Waals surface area contributed by atoms with Crippen molar-refractivity contribution in [1.82, 2.24) is 4.90 Å². The van der Waals surface area contributed by atoms with Gasteiger partial charge in [0.05, 0.1) is 0 Å². The Morgan fingerprint density at radius 1 is 1.46 bits per heavy atom. The molecule has 136 valence electrons. The quantitative estimate of drug-likeness (QED) is 0.747. The fourth-order valence-corrected chi connectivity index (χ4v) is 4.85. The van der Waals surface area contributed by atoms with Crippen molar-refractivity contribution in [2.24, 2.45) is 0 Å². The van der Waals surface area contributed by atoms with Crippen LogP contribution in [-0.4, -0.2) is 36.7 Å². The summed E-state index contributed by atoms with van der Waals surface area (Å²) >= 11 is 1.77. The van der Waals surface area contributed by atoms with Crippen molar-refractivity contribution >= 4 is 38.8 Å². The molecule has 2 aromatic rings. The molecule has 1 aromatic heterocycles. The van der Waals surface area contributed by atoms with Gasteiger partial charge in [-0.2, -0.15) is 0 Å². The third kappa shape index (κ3) is 3.55. The molecule has 5 heteroatoms. The molecule has 0 saturated carbocycles. The van der Waals surface area contributed by atoms with Gasteiger partial charge in [0.25, 0.3) is 0 Å². The molecular formula is C21H24N2O2S. The topological polar surface area (TPSA) is 41.6 Å². The molecule has 0 spiro atoms. The van der Waals surface area contributed by atoms with E-state index in [1.54, 1.807) is 11.3 Å². The van der Waals surface area contributed by atoms with E-state index in [0.717, 1.165) is 18.7 Å². The summed E-state index contributed by atoms with van der Waals surface area (Å²) < 4.78 is 6.38. The molecule has 4 nitrogen and oxygen atoms in total. The fraction of sp³-hybridized carbons (Fsp3) is 0.381. The Morgan fingerprint density at radius 3 is 3.27 bits per heavy atom. The minimum absolute atomic E-state index is 0.291. The van der Waals surface area contributed by atoms with Crippen LogP contribution in [0.3, 0.4) is 0 Å². The molecule has 26 heavy (non-hydrogen) atoms. The van der Waals surface area contributed by atoms with Crippen LogP contribution in [0, 0.1) is 0 Å². The number of fused-ring (bicyclic) bond motifs is 2. The number of carbonyl (C=O) groups is 1. The highest BCUT2D eigenvalue weighted by Gasteiger charge is 2.28. The Labute approximate surface area is 158 Å². The number of anilines is 1. The van der Waals surface area contributed by atoms with Crippen LogP contribution in [0.1, 0.15) is 31.7 Å². The van der Waals surface area contributed by atoms with Crippen LogP contribution in [0.25, 0.3) is 15.7 Å². The molecule has 0 bridgehead atoms.